The molecule has 1 fully saturated rings. The summed E-state index contributed by atoms with van der Waals surface area (Å²) in [6.45, 7) is 6.68. The number of ether oxygens (including phenoxy) is 3. The van der Waals surface area contributed by atoms with E-state index in [0.29, 0.717) is 19.0 Å². The highest BCUT2D eigenvalue weighted by molar-refractivity contribution is 5.89. The lowest BCUT2D eigenvalue weighted by molar-refractivity contribution is 0.0203. The molecule has 8 heteroatoms. The molecular weight excluding hydrogens is 415 g/mol. The first-order valence-corrected chi connectivity index (χ1v) is 10.6. The Morgan fingerprint density at radius 2 is 1.88 bits per heavy atom. The van der Waals surface area contributed by atoms with Crippen LogP contribution in [0, 0.1) is 5.82 Å². The van der Waals surface area contributed by atoms with Crippen molar-refractivity contribution < 1.29 is 28.2 Å². The number of rotatable bonds is 5. The van der Waals surface area contributed by atoms with Gasteiger partial charge >= 0.3 is 12.1 Å². The zero-order valence-corrected chi connectivity index (χ0v) is 18.9. The van der Waals surface area contributed by atoms with Crippen LogP contribution in [0.15, 0.2) is 36.4 Å². The van der Waals surface area contributed by atoms with Crippen LogP contribution in [0.1, 0.15) is 61.1 Å². The number of methoxy groups -OCH3 is 1. The molecule has 1 aliphatic rings. The first kappa shape index (κ1) is 23.5. The molecule has 0 atom stereocenters. The molecule has 1 aliphatic heterocycles. The summed E-state index contributed by atoms with van der Waals surface area (Å²) in [5, 5.41) is 0. The van der Waals surface area contributed by atoms with Gasteiger partial charge in [0.2, 0.25) is 5.88 Å². The van der Waals surface area contributed by atoms with Crippen LogP contribution >= 0.6 is 0 Å². The molecule has 0 radical (unpaired) electrons. The quantitative estimate of drug-likeness (QED) is 0.622. The number of likely N-dealkylation sites (tertiary alicyclic amines) is 1. The van der Waals surface area contributed by atoms with Gasteiger partial charge in [-0.3, -0.25) is 0 Å². The van der Waals surface area contributed by atoms with E-state index in [9.17, 15) is 14.0 Å². The van der Waals surface area contributed by atoms with Crippen molar-refractivity contribution in [1.82, 2.24) is 9.88 Å². The minimum Gasteiger partial charge on any atom is -0.473 e. The summed E-state index contributed by atoms with van der Waals surface area (Å²) in [6.07, 6.45) is 1.24. The molecule has 32 heavy (non-hydrogen) atoms. The van der Waals surface area contributed by atoms with E-state index in [1.54, 1.807) is 11.0 Å². The molecule has 7 nitrogen and oxygen atoms in total. The lowest BCUT2D eigenvalue weighted by Crippen LogP contribution is -2.41. The van der Waals surface area contributed by atoms with E-state index in [2.05, 4.69) is 9.72 Å². The normalized spacial score (nSPS) is 14.7. The zero-order valence-electron chi connectivity index (χ0n) is 18.9. The number of nitrogens with zero attached hydrogens (tertiary/aromatic N) is 2. The highest BCUT2D eigenvalue weighted by Gasteiger charge is 2.28. The van der Waals surface area contributed by atoms with Crippen molar-refractivity contribution in [2.24, 2.45) is 0 Å². The number of carbonyl (C=O) groups excluding carboxylic acids is 2. The number of esters is 1. The van der Waals surface area contributed by atoms with Crippen molar-refractivity contribution in [3.05, 3.63) is 59.0 Å². The average Bonchev–Trinajstić information content (AvgIpc) is 2.77. The lowest BCUT2D eigenvalue weighted by Gasteiger charge is -2.33. The van der Waals surface area contributed by atoms with Crippen LogP contribution < -0.4 is 4.74 Å². The van der Waals surface area contributed by atoms with Gasteiger partial charge in [-0.05, 0) is 57.9 Å². The maximum atomic E-state index is 14.1. The van der Waals surface area contributed by atoms with Gasteiger partial charge < -0.3 is 19.1 Å². The van der Waals surface area contributed by atoms with E-state index in [1.807, 2.05) is 32.9 Å². The number of hydrogen-bond donors (Lipinski definition) is 0. The van der Waals surface area contributed by atoms with Crippen LogP contribution in [0.2, 0.25) is 0 Å². The van der Waals surface area contributed by atoms with Gasteiger partial charge in [0.25, 0.3) is 0 Å². The molecule has 1 aromatic heterocycles. The maximum Gasteiger partial charge on any atom is 0.410 e. The summed E-state index contributed by atoms with van der Waals surface area (Å²) < 4.78 is 29.9. The molecule has 1 aromatic carbocycles. The molecule has 0 spiro atoms. The molecule has 1 saturated heterocycles. The van der Waals surface area contributed by atoms with Crippen molar-refractivity contribution in [2.75, 3.05) is 20.2 Å². The van der Waals surface area contributed by atoms with Gasteiger partial charge in [-0.15, -0.1) is 0 Å². The summed E-state index contributed by atoms with van der Waals surface area (Å²) in [4.78, 5) is 30.2. The molecule has 0 unspecified atom stereocenters. The molecule has 172 valence electrons. The molecule has 0 aliphatic carbocycles. The van der Waals surface area contributed by atoms with Crippen molar-refractivity contribution >= 4 is 12.1 Å². The Morgan fingerprint density at radius 1 is 1.16 bits per heavy atom. The van der Waals surface area contributed by atoms with Gasteiger partial charge in [-0.2, -0.15) is 0 Å². The van der Waals surface area contributed by atoms with E-state index in [-0.39, 0.29) is 29.7 Å². The van der Waals surface area contributed by atoms with E-state index in [4.69, 9.17) is 9.47 Å². The molecular formula is C24H29FN2O5. The Hall–Kier alpha value is -3.16. The second-order valence-corrected chi connectivity index (χ2v) is 8.73. The molecule has 0 N–H and O–H groups in total. The van der Waals surface area contributed by atoms with E-state index in [0.717, 1.165) is 18.5 Å². The average molecular weight is 445 g/mol. The minimum absolute atomic E-state index is 0.0653. The Labute approximate surface area is 187 Å². The number of benzene rings is 1. The van der Waals surface area contributed by atoms with Crippen LogP contribution in [-0.4, -0.2) is 47.7 Å². The smallest absolute Gasteiger partial charge is 0.410 e. The largest absolute Gasteiger partial charge is 0.473 e. The van der Waals surface area contributed by atoms with Gasteiger partial charge in [0.15, 0.2) is 0 Å². The van der Waals surface area contributed by atoms with E-state index in [1.165, 1.54) is 25.3 Å². The van der Waals surface area contributed by atoms with Gasteiger partial charge in [0, 0.05) is 36.3 Å². The Morgan fingerprint density at radius 3 is 2.53 bits per heavy atom. The van der Waals surface area contributed by atoms with Crippen molar-refractivity contribution in [3.8, 4) is 5.88 Å². The van der Waals surface area contributed by atoms with Crippen molar-refractivity contribution in [3.63, 3.8) is 0 Å². The predicted octanol–water partition coefficient (Wildman–Crippen LogP) is 4.70. The predicted molar refractivity (Wildman–Crippen MR) is 116 cm³/mol. The number of piperidine rings is 1. The highest BCUT2D eigenvalue weighted by Crippen LogP contribution is 2.29. The fourth-order valence-electron chi connectivity index (χ4n) is 3.50. The summed E-state index contributed by atoms with van der Waals surface area (Å²) in [7, 11) is 1.27. The number of pyridine rings is 1. The Balaban J connectivity index is 1.60. The van der Waals surface area contributed by atoms with Crippen LogP contribution in [0.25, 0.3) is 0 Å². The van der Waals surface area contributed by atoms with Gasteiger partial charge in [-0.25, -0.2) is 19.0 Å². The standard InChI is InChI=1S/C24H29FN2O5/c1-24(2,3)32-23(29)27-12-10-16(11-13-27)20-6-5-7-21(26-20)31-15-18-14-17(22(28)30-4)8-9-19(18)25/h5-9,14,16H,10-13,15H2,1-4H3. The van der Waals surface area contributed by atoms with E-state index >= 15 is 0 Å². The van der Waals surface area contributed by atoms with Crippen molar-refractivity contribution in [1.29, 1.82) is 0 Å². The van der Waals surface area contributed by atoms with Crippen LogP contribution in [0.3, 0.4) is 0 Å². The number of aromatic nitrogens is 1. The third-order valence-electron chi connectivity index (χ3n) is 5.15. The first-order valence-electron chi connectivity index (χ1n) is 10.6. The first-order chi connectivity index (χ1) is 15.2. The fraction of sp³-hybridized carbons (Fsp3) is 0.458. The summed E-state index contributed by atoms with van der Waals surface area (Å²) >= 11 is 0. The van der Waals surface area contributed by atoms with Gasteiger partial charge in [0.1, 0.15) is 18.0 Å². The second kappa shape index (κ2) is 9.97. The molecule has 1 amide bonds. The number of carbonyl (C=O) groups is 2. The molecule has 2 heterocycles. The van der Waals surface area contributed by atoms with Crippen molar-refractivity contribution in [2.45, 2.75) is 51.7 Å². The van der Waals surface area contributed by atoms with E-state index < -0.39 is 17.4 Å². The summed E-state index contributed by atoms with van der Waals surface area (Å²) in [5.74, 6) is -0.441. The summed E-state index contributed by atoms with van der Waals surface area (Å²) in [6, 6.07) is 9.48. The number of hydrogen-bond acceptors (Lipinski definition) is 6. The van der Waals surface area contributed by atoms with Gasteiger partial charge in [0.05, 0.1) is 12.7 Å². The summed E-state index contributed by atoms with van der Waals surface area (Å²) in [5.41, 5.74) is 0.851. The topological polar surface area (TPSA) is 78.0 Å². The third-order valence-corrected chi connectivity index (χ3v) is 5.15. The van der Waals surface area contributed by atoms with Gasteiger partial charge in [-0.1, -0.05) is 6.07 Å². The third kappa shape index (κ3) is 6.18. The zero-order chi connectivity index (χ0) is 23.3. The highest BCUT2D eigenvalue weighted by atomic mass is 19.1. The SMILES string of the molecule is COC(=O)c1ccc(F)c(COc2cccc(C3CCN(C(=O)OC(C)(C)C)CC3)n2)c1. The molecule has 0 bridgehead atoms. The van der Waals surface area contributed by atoms with Crippen LogP contribution in [0.4, 0.5) is 9.18 Å². The monoisotopic (exact) mass is 444 g/mol. The lowest BCUT2D eigenvalue weighted by atomic mass is 9.93. The second-order valence-electron chi connectivity index (χ2n) is 8.73. The van der Waals surface area contributed by atoms with Crippen LogP contribution in [0.5, 0.6) is 5.88 Å². The molecule has 2 aromatic rings. The molecule has 3 rings (SSSR count). The number of amides is 1. The Kier molecular flexibility index (Phi) is 7.33. The van der Waals surface area contributed by atoms with Crippen LogP contribution in [-0.2, 0) is 16.1 Å². The molecule has 0 saturated carbocycles. The Bertz CT molecular complexity index is 965. The minimum atomic E-state index is -0.538. The maximum absolute atomic E-state index is 14.1. The number of halogens is 1. The fourth-order valence-corrected chi connectivity index (χ4v) is 3.50.